The Labute approximate surface area is 164 Å². The fourth-order valence-electron chi connectivity index (χ4n) is 3.42. The van der Waals surface area contributed by atoms with Gasteiger partial charge in [0.1, 0.15) is 11.8 Å². The smallest absolute Gasteiger partial charge is 0.320 e. The van der Waals surface area contributed by atoms with Gasteiger partial charge in [-0.3, -0.25) is 9.69 Å². The van der Waals surface area contributed by atoms with E-state index in [1.54, 1.807) is 24.5 Å². The third-order valence-electron chi connectivity index (χ3n) is 4.51. The fraction of sp³-hybridized carbons (Fsp3) is 0.389. The van der Waals surface area contributed by atoms with Gasteiger partial charge in [-0.2, -0.15) is 0 Å². The van der Waals surface area contributed by atoms with Gasteiger partial charge < -0.3 is 9.84 Å². The van der Waals surface area contributed by atoms with Gasteiger partial charge in [-0.15, -0.1) is 11.3 Å². The number of carbonyl (C=O) groups is 1. The lowest BCUT2D eigenvalue weighted by atomic mass is 9.95. The molecular weight excluding hydrogens is 426 g/mol. The van der Waals surface area contributed by atoms with E-state index < -0.39 is 12.0 Å². The minimum atomic E-state index is -0.777. The Bertz CT molecular complexity index is 767. The van der Waals surface area contributed by atoms with Crippen LogP contribution in [0.5, 0.6) is 5.75 Å². The predicted octanol–water partition coefficient (Wildman–Crippen LogP) is 5.20. The van der Waals surface area contributed by atoms with Gasteiger partial charge in [0.05, 0.1) is 16.9 Å². The summed E-state index contributed by atoms with van der Waals surface area (Å²) in [5.41, 5.74) is 0.900. The number of ether oxygens (including phenoxy) is 1. The largest absolute Gasteiger partial charge is 0.496 e. The summed E-state index contributed by atoms with van der Waals surface area (Å²) in [7, 11) is 1.62. The lowest BCUT2D eigenvalue weighted by Gasteiger charge is -2.39. The lowest BCUT2D eigenvalue weighted by Crippen LogP contribution is -2.46. The molecule has 1 aromatic carbocycles. The van der Waals surface area contributed by atoms with Gasteiger partial charge in [-0.25, -0.2) is 0 Å². The molecule has 2 unspecified atom stereocenters. The number of rotatable bonds is 5. The van der Waals surface area contributed by atoms with Crippen LogP contribution in [0.4, 0.5) is 0 Å². The van der Waals surface area contributed by atoms with E-state index >= 15 is 0 Å². The van der Waals surface area contributed by atoms with Crippen LogP contribution in [-0.2, 0) is 4.79 Å². The van der Waals surface area contributed by atoms with Crippen LogP contribution < -0.4 is 4.74 Å². The number of piperidine rings is 1. The van der Waals surface area contributed by atoms with E-state index in [4.69, 9.17) is 16.3 Å². The van der Waals surface area contributed by atoms with Gasteiger partial charge in [0.2, 0.25) is 0 Å². The maximum absolute atomic E-state index is 11.9. The van der Waals surface area contributed by atoms with Crippen molar-refractivity contribution in [2.45, 2.75) is 31.3 Å². The molecule has 2 atom stereocenters. The summed E-state index contributed by atoms with van der Waals surface area (Å²) in [6.07, 6.45) is 2.57. The van der Waals surface area contributed by atoms with E-state index in [1.807, 2.05) is 24.3 Å². The number of nitrogens with zero attached hydrogens (tertiary/aromatic N) is 1. The van der Waals surface area contributed by atoms with Crippen molar-refractivity contribution < 1.29 is 14.6 Å². The Balaban J connectivity index is 2.13. The molecule has 1 aromatic heterocycles. The number of hydrogen-bond donors (Lipinski definition) is 1. The highest BCUT2D eigenvalue weighted by molar-refractivity contribution is 9.11. The number of likely N-dealkylation sites (tertiary alicyclic amines) is 1. The molecule has 0 bridgehead atoms. The van der Waals surface area contributed by atoms with Crippen LogP contribution in [0.15, 0.2) is 34.1 Å². The molecule has 0 aliphatic carbocycles. The minimum Gasteiger partial charge on any atom is -0.496 e. The summed E-state index contributed by atoms with van der Waals surface area (Å²) in [5, 5.41) is 10.3. The number of carboxylic acid groups (broad SMARTS) is 1. The van der Waals surface area contributed by atoms with Crippen LogP contribution in [-0.4, -0.2) is 35.7 Å². The number of carboxylic acids is 1. The third kappa shape index (κ3) is 4.03. The van der Waals surface area contributed by atoms with E-state index in [2.05, 4.69) is 20.8 Å². The number of benzene rings is 1. The second-order valence-corrected chi connectivity index (χ2v) is 8.95. The van der Waals surface area contributed by atoms with E-state index in [1.165, 1.54) is 0 Å². The molecule has 25 heavy (non-hydrogen) atoms. The number of halogens is 2. The first kappa shape index (κ1) is 18.7. The molecule has 1 fully saturated rings. The van der Waals surface area contributed by atoms with Gasteiger partial charge in [-0.05, 0) is 65.6 Å². The number of methoxy groups -OCH3 is 1. The highest BCUT2D eigenvalue weighted by Crippen LogP contribution is 2.42. The van der Waals surface area contributed by atoms with Crippen molar-refractivity contribution in [1.29, 1.82) is 0 Å². The van der Waals surface area contributed by atoms with E-state index in [-0.39, 0.29) is 6.04 Å². The van der Waals surface area contributed by atoms with E-state index in [0.29, 0.717) is 17.2 Å². The monoisotopic (exact) mass is 443 g/mol. The predicted molar refractivity (Wildman–Crippen MR) is 104 cm³/mol. The molecule has 3 rings (SSSR count). The Kier molecular flexibility index (Phi) is 6.04. The zero-order valence-corrected chi connectivity index (χ0v) is 16.9. The molecule has 1 aliphatic rings. The Morgan fingerprint density at radius 1 is 1.40 bits per heavy atom. The van der Waals surface area contributed by atoms with Gasteiger partial charge in [0, 0.05) is 15.5 Å². The molecule has 0 amide bonds. The average Bonchev–Trinajstić information content (AvgIpc) is 3.02. The van der Waals surface area contributed by atoms with Crippen molar-refractivity contribution in [3.63, 3.8) is 0 Å². The summed E-state index contributed by atoms with van der Waals surface area (Å²) < 4.78 is 6.57. The summed E-state index contributed by atoms with van der Waals surface area (Å²) in [4.78, 5) is 15.0. The fourth-order valence-corrected chi connectivity index (χ4v) is 5.16. The standard InChI is InChI=1S/C18H19BrClNO3S/c1-24-14-6-5-11(20)10-12(14)17(15-7-8-16(19)25-15)21-9-3-2-4-13(21)18(22)23/h5-8,10,13,17H,2-4,9H2,1H3,(H,22,23). The summed E-state index contributed by atoms with van der Waals surface area (Å²) in [5.74, 6) is -0.0602. The highest BCUT2D eigenvalue weighted by atomic mass is 79.9. The van der Waals surface area contributed by atoms with Crippen molar-refractivity contribution in [1.82, 2.24) is 4.90 Å². The minimum absolute atomic E-state index is 0.202. The van der Waals surface area contributed by atoms with Crippen LogP contribution in [0.1, 0.15) is 35.7 Å². The number of thiophene rings is 1. The molecular formula is C18H19BrClNO3S. The quantitative estimate of drug-likeness (QED) is 0.688. The van der Waals surface area contributed by atoms with Crippen molar-refractivity contribution in [3.8, 4) is 5.75 Å². The SMILES string of the molecule is COc1ccc(Cl)cc1C(c1ccc(Br)s1)N1CCCCC1C(=O)O. The van der Waals surface area contributed by atoms with Gasteiger partial charge >= 0.3 is 5.97 Å². The lowest BCUT2D eigenvalue weighted by molar-refractivity contribution is -0.145. The maximum atomic E-state index is 11.9. The second-order valence-electron chi connectivity index (χ2n) is 6.02. The molecule has 0 spiro atoms. The number of hydrogen-bond acceptors (Lipinski definition) is 4. The summed E-state index contributed by atoms with van der Waals surface area (Å²) in [6, 6.07) is 8.82. The zero-order valence-electron chi connectivity index (χ0n) is 13.7. The summed E-state index contributed by atoms with van der Waals surface area (Å²) >= 11 is 11.4. The average molecular weight is 445 g/mol. The van der Waals surface area contributed by atoms with Gasteiger partial charge in [-0.1, -0.05) is 18.0 Å². The molecule has 0 saturated carbocycles. The molecule has 2 aromatic rings. The van der Waals surface area contributed by atoms with Crippen LogP contribution in [0.2, 0.25) is 5.02 Å². The first-order valence-electron chi connectivity index (χ1n) is 8.08. The second kappa shape index (κ2) is 8.08. The molecule has 134 valence electrons. The van der Waals surface area contributed by atoms with Crippen LogP contribution in [0.3, 0.4) is 0 Å². The van der Waals surface area contributed by atoms with Crippen molar-refractivity contribution in [2.75, 3.05) is 13.7 Å². The first-order valence-corrected chi connectivity index (χ1v) is 10.1. The first-order chi connectivity index (χ1) is 12.0. The third-order valence-corrected chi connectivity index (χ3v) is 6.42. The molecule has 1 aliphatic heterocycles. The van der Waals surface area contributed by atoms with E-state index in [9.17, 15) is 9.90 Å². The molecule has 0 radical (unpaired) electrons. The molecule has 7 heteroatoms. The molecule has 1 saturated heterocycles. The summed E-state index contributed by atoms with van der Waals surface area (Å²) in [6.45, 7) is 0.729. The molecule has 4 nitrogen and oxygen atoms in total. The Hall–Kier alpha value is -1.08. The Morgan fingerprint density at radius 3 is 2.84 bits per heavy atom. The van der Waals surface area contributed by atoms with Crippen molar-refractivity contribution in [2.24, 2.45) is 0 Å². The number of aliphatic carboxylic acids is 1. The Morgan fingerprint density at radius 2 is 2.20 bits per heavy atom. The highest BCUT2D eigenvalue weighted by Gasteiger charge is 2.37. The zero-order chi connectivity index (χ0) is 18.0. The van der Waals surface area contributed by atoms with Gasteiger partial charge in [0.25, 0.3) is 0 Å². The van der Waals surface area contributed by atoms with Crippen LogP contribution in [0, 0.1) is 0 Å². The van der Waals surface area contributed by atoms with E-state index in [0.717, 1.165) is 33.6 Å². The maximum Gasteiger partial charge on any atom is 0.320 e. The molecule has 1 N–H and O–H groups in total. The normalized spacial score (nSPS) is 19.6. The van der Waals surface area contributed by atoms with Gasteiger partial charge in [0.15, 0.2) is 0 Å². The van der Waals surface area contributed by atoms with Crippen LogP contribution in [0.25, 0.3) is 0 Å². The van der Waals surface area contributed by atoms with Crippen LogP contribution >= 0.6 is 38.9 Å². The van der Waals surface area contributed by atoms with Crippen molar-refractivity contribution in [3.05, 3.63) is 49.6 Å². The van der Waals surface area contributed by atoms with Crippen molar-refractivity contribution >= 4 is 44.8 Å². The topological polar surface area (TPSA) is 49.8 Å². The molecule has 2 heterocycles.